The molecule has 0 aromatic carbocycles. The van der Waals surface area contributed by atoms with Crippen LogP contribution in [0.15, 0.2) is 0 Å². The first-order chi connectivity index (χ1) is 6.58. The van der Waals surface area contributed by atoms with Gasteiger partial charge in [-0.05, 0) is 36.5 Å². The van der Waals surface area contributed by atoms with Gasteiger partial charge in [-0.15, -0.1) is 0 Å². The van der Waals surface area contributed by atoms with Crippen LogP contribution in [-0.2, 0) is 0 Å². The third kappa shape index (κ3) is 4.04. The summed E-state index contributed by atoms with van der Waals surface area (Å²) in [5, 5.41) is 12.0. The minimum atomic E-state index is -0.365. The number of anilines is 1. The highest BCUT2D eigenvalue weighted by atomic mass is 35.5. The Balaban J connectivity index is 2.50. The summed E-state index contributed by atoms with van der Waals surface area (Å²) < 4.78 is 0. The lowest BCUT2D eigenvalue weighted by atomic mass is 10.3. The Morgan fingerprint density at radius 2 is 1.86 bits per heavy atom. The van der Waals surface area contributed by atoms with Crippen molar-refractivity contribution in [1.29, 1.82) is 0 Å². The van der Waals surface area contributed by atoms with Crippen molar-refractivity contribution in [3.63, 3.8) is 0 Å². The van der Waals surface area contributed by atoms with E-state index in [4.69, 9.17) is 28.3 Å². The van der Waals surface area contributed by atoms with E-state index in [1.165, 1.54) is 0 Å². The molecule has 0 aliphatic heterocycles. The maximum Gasteiger partial charge on any atom is 0.228 e. The van der Waals surface area contributed by atoms with E-state index >= 15 is 0 Å². The van der Waals surface area contributed by atoms with Gasteiger partial charge in [0.05, 0.1) is 6.10 Å². The summed E-state index contributed by atoms with van der Waals surface area (Å²) in [6.45, 7) is 2.25. The van der Waals surface area contributed by atoms with Gasteiger partial charge in [0.2, 0.25) is 16.5 Å². The first kappa shape index (κ1) is 11.4. The molecule has 0 amide bonds. The topological polar surface area (TPSA) is 70.9 Å². The second kappa shape index (κ2) is 5.29. The highest BCUT2D eigenvalue weighted by Gasteiger charge is 2.02. The monoisotopic (exact) mass is 236 g/mol. The van der Waals surface area contributed by atoms with Gasteiger partial charge in [0.1, 0.15) is 0 Å². The number of rotatable bonds is 4. The molecular formula is C7H10Cl2N4O. The van der Waals surface area contributed by atoms with Crippen molar-refractivity contribution in [3.05, 3.63) is 10.6 Å². The van der Waals surface area contributed by atoms with Crippen molar-refractivity contribution in [1.82, 2.24) is 15.0 Å². The van der Waals surface area contributed by atoms with Gasteiger partial charge in [-0.1, -0.05) is 0 Å². The van der Waals surface area contributed by atoms with Crippen LogP contribution in [0.4, 0.5) is 5.95 Å². The molecule has 14 heavy (non-hydrogen) atoms. The van der Waals surface area contributed by atoms with E-state index in [1.54, 1.807) is 6.92 Å². The molecular weight excluding hydrogens is 227 g/mol. The Morgan fingerprint density at radius 3 is 2.36 bits per heavy atom. The molecule has 7 heteroatoms. The van der Waals surface area contributed by atoms with E-state index in [9.17, 15) is 0 Å². The van der Waals surface area contributed by atoms with Gasteiger partial charge in [-0.3, -0.25) is 0 Å². The van der Waals surface area contributed by atoms with E-state index in [0.717, 1.165) is 0 Å². The zero-order chi connectivity index (χ0) is 10.6. The molecule has 1 aromatic rings. The molecule has 0 aliphatic rings. The van der Waals surface area contributed by atoms with Crippen LogP contribution in [0.2, 0.25) is 10.6 Å². The summed E-state index contributed by atoms with van der Waals surface area (Å²) in [4.78, 5) is 11.2. The standard InChI is InChI=1S/C7H10Cl2N4O/c1-4(14)2-3-10-7-12-5(8)11-6(9)13-7/h4,14H,2-3H2,1H3,(H,10,11,12,13). The van der Waals surface area contributed by atoms with Crippen LogP contribution in [0.3, 0.4) is 0 Å². The largest absolute Gasteiger partial charge is 0.393 e. The van der Waals surface area contributed by atoms with E-state index < -0.39 is 0 Å². The van der Waals surface area contributed by atoms with Crippen LogP contribution >= 0.6 is 23.2 Å². The Morgan fingerprint density at radius 1 is 1.29 bits per heavy atom. The van der Waals surface area contributed by atoms with Crippen LogP contribution < -0.4 is 5.32 Å². The Kier molecular flexibility index (Phi) is 4.31. The molecule has 1 heterocycles. The summed E-state index contributed by atoms with van der Waals surface area (Å²) >= 11 is 11.1. The van der Waals surface area contributed by atoms with Crippen molar-refractivity contribution in [2.24, 2.45) is 0 Å². The van der Waals surface area contributed by atoms with Crippen molar-refractivity contribution < 1.29 is 5.11 Å². The quantitative estimate of drug-likeness (QED) is 0.827. The summed E-state index contributed by atoms with van der Waals surface area (Å²) in [6, 6.07) is 0. The van der Waals surface area contributed by atoms with Gasteiger partial charge in [0, 0.05) is 6.54 Å². The molecule has 0 spiro atoms. The SMILES string of the molecule is CC(O)CCNc1nc(Cl)nc(Cl)n1. The number of hydrogen-bond donors (Lipinski definition) is 2. The number of halogens is 2. The first-order valence-electron chi connectivity index (χ1n) is 4.07. The summed E-state index contributed by atoms with van der Waals surface area (Å²) in [5.74, 6) is 0.315. The number of hydrogen-bond acceptors (Lipinski definition) is 5. The minimum absolute atomic E-state index is 0.0459. The fourth-order valence-electron chi connectivity index (χ4n) is 0.798. The third-order valence-electron chi connectivity index (χ3n) is 1.43. The molecule has 0 aliphatic carbocycles. The second-order valence-electron chi connectivity index (χ2n) is 2.76. The number of nitrogens with one attached hydrogen (secondary N) is 1. The number of aliphatic hydroxyl groups is 1. The molecule has 0 radical (unpaired) electrons. The third-order valence-corrected chi connectivity index (χ3v) is 1.76. The fourth-order valence-corrected chi connectivity index (χ4v) is 1.16. The second-order valence-corrected chi connectivity index (χ2v) is 3.44. The predicted molar refractivity (Wildman–Crippen MR) is 54.6 cm³/mol. The van der Waals surface area contributed by atoms with Crippen molar-refractivity contribution in [3.8, 4) is 0 Å². The molecule has 1 atom stereocenters. The van der Waals surface area contributed by atoms with Crippen molar-refractivity contribution in [2.45, 2.75) is 19.4 Å². The Labute approximate surface area is 91.5 Å². The summed E-state index contributed by atoms with van der Waals surface area (Å²) in [6.07, 6.45) is 0.233. The van der Waals surface area contributed by atoms with Crippen LogP contribution in [-0.4, -0.2) is 32.7 Å². The van der Waals surface area contributed by atoms with Crippen LogP contribution in [0.25, 0.3) is 0 Å². The molecule has 1 unspecified atom stereocenters. The van der Waals surface area contributed by atoms with Gasteiger partial charge in [0.25, 0.3) is 0 Å². The number of nitrogens with zero attached hydrogens (tertiary/aromatic N) is 3. The normalized spacial score (nSPS) is 12.6. The first-order valence-corrected chi connectivity index (χ1v) is 4.82. The Bertz CT molecular complexity index is 287. The Hall–Kier alpha value is -0.650. The van der Waals surface area contributed by atoms with E-state index in [2.05, 4.69) is 20.3 Å². The van der Waals surface area contributed by atoms with E-state index in [1.807, 2.05) is 0 Å². The molecule has 2 N–H and O–H groups in total. The van der Waals surface area contributed by atoms with Gasteiger partial charge < -0.3 is 10.4 Å². The van der Waals surface area contributed by atoms with Gasteiger partial charge in [-0.25, -0.2) is 0 Å². The van der Waals surface area contributed by atoms with Gasteiger partial charge >= 0.3 is 0 Å². The lowest BCUT2D eigenvalue weighted by molar-refractivity contribution is 0.188. The lowest BCUT2D eigenvalue weighted by Gasteiger charge is -2.05. The highest BCUT2D eigenvalue weighted by Crippen LogP contribution is 2.09. The van der Waals surface area contributed by atoms with Crippen LogP contribution in [0.5, 0.6) is 0 Å². The number of aromatic nitrogens is 3. The average Bonchev–Trinajstić information content (AvgIpc) is 2.01. The van der Waals surface area contributed by atoms with Crippen LogP contribution in [0, 0.1) is 0 Å². The van der Waals surface area contributed by atoms with E-state index in [0.29, 0.717) is 18.9 Å². The fraction of sp³-hybridized carbons (Fsp3) is 0.571. The highest BCUT2D eigenvalue weighted by molar-refractivity contribution is 6.31. The molecule has 0 saturated carbocycles. The molecule has 78 valence electrons. The number of aliphatic hydroxyl groups excluding tert-OH is 1. The molecule has 0 bridgehead atoms. The molecule has 0 fully saturated rings. The molecule has 1 rings (SSSR count). The molecule has 0 saturated heterocycles. The summed E-state index contributed by atoms with van der Waals surface area (Å²) in [7, 11) is 0. The lowest BCUT2D eigenvalue weighted by Crippen LogP contribution is -2.12. The van der Waals surface area contributed by atoms with Crippen molar-refractivity contribution >= 4 is 29.2 Å². The maximum atomic E-state index is 8.99. The predicted octanol–water partition coefficient (Wildman–Crippen LogP) is 1.36. The van der Waals surface area contributed by atoms with E-state index in [-0.39, 0.29) is 16.7 Å². The average molecular weight is 237 g/mol. The van der Waals surface area contributed by atoms with Crippen molar-refractivity contribution in [2.75, 3.05) is 11.9 Å². The maximum absolute atomic E-state index is 8.99. The summed E-state index contributed by atoms with van der Waals surface area (Å²) in [5.41, 5.74) is 0. The smallest absolute Gasteiger partial charge is 0.228 e. The zero-order valence-electron chi connectivity index (χ0n) is 7.54. The van der Waals surface area contributed by atoms with Gasteiger partial charge in [0.15, 0.2) is 0 Å². The molecule has 5 nitrogen and oxygen atoms in total. The van der Waals surface area contributed by atoms with Gasteiger partial charge in [-0.2, -0.15) is 15.0 Å². The van der Waals surface area contributed by atoms with Crippen LogP contribution in [0.1, 0.15) is 13.3 Å². The molecule has 1 aromatic heterocycles. The minimum Gasteiger partial charge on any atom is -0.393 e. The zero-order valence-corrected chi connectivity index (χ0v) is 9.05.